The summed E-state index contributed by atoms with van der Waals surface area (Å²) in [5.74, 6) is -0.784. The molecule has 5 heteroatoms. The highest BCUT2D eigenvalue weighted by Crippen LogP contribution is 2.24. The molecule has 1 heterocycles. The molecule has 5 nitrogen and oxygen atoms in total. The second kappa shape index (κ2) is 9.59. The molecule has 0 spiro atoms. The quantitative estimate of drug-likeness (QED) is 0.701. The zero-order chi connectivity index (χ0) is 20.8. The Morgan fingerprint density at radius 1 is 0.966 bits per heavy atom. The van der Waals surface area contributed by atoms with Gasteiger partial charge in [-0.3, -0.25) is 9.59 Å². The summed E-state index contributed by atoms with van der Waals surface area (Å²) in [7, 11) is 0. The van der Waals surface area contributed by atoms with Crippen molar-refractivity contribution in [2.45, 2.75) is 33.1 Å². The van der Waals surface area contributed by atoms with E-state index in [2.05, 4.69) is 36.9 Å². The summed E-state index contributed by atoms with van der Waals surface area (Å²) in [6.07, 6.45) is 0.644. The Hall–Kier alpha value is -2.82. The van der Waals surface area contributed by atoms with E-state index in [4.69, 9.17) is 4.74 Å². The Balaban J connectivity index is 1.51. The van der Waals surface area contributed by atoms with Crippen LogP contribution in [0.4, 0.5) is 5.69 Å². The zero-order valence-electron chi connectivity index (χ0n) is 17.6. The number of piperazine rings is 1. The van der Waals surface area contributed by atoms with E-state index in [1.807, 2.05) is 37.3 Å². The fraction of sp³-hybridized carbons (Fsp3) is 0.417. The summed E-state index contributed by atoms with van der Waals surface area (Å²) in [6, 6.07) is 15.9. The highest BCUT2D eigenvalue weighted by Gasteiger charge is 2.25. The number of hydrogen-bond acceptors (Lipinski definition) is 4. The van der Waals surface area contributed by atoms with Crippen LogP contribution in [0.5, 0.6) is 0 Å². The molecule has 0 aliphatic carbocycles. The number of hydrogen-bond donors (Lipinski definition) is 0. The van der Waals surface area contributed by atoms with Crippen molar-refractivity contribution in [2.75, 3.05) is 37.7 Å². The molecule has 2 aromatic carbocycles. The number of benzene rings is 2. The summed E-state index contributed by atoms with van der Waals surface area (Å²) in [5.41, 5.74) is 4.72. The number of rotatable bonds is 6. The smallest absolute Gasteiger partial charge is 0.313 e. The van der Waals surface area contributed by atoms with Crippen molar-refractivity contribution in [2.24, 2.45) is 0 Å². The van der Waals surface area contributed by atoms with Gasteiger partial charge in [-0.05, 0) is 43.0 Å². The molecule has 0 N–H and O–H groups in total. The number of ether oxygens (including phenoxy) is 1. The highest BCUT2D eigenvalue weighted by atomic mass is 16.5. The van der Waals surface area contributed by atoms with Crippen LogP contribution in [-0.2, 0) is 14.3 Å². The summed E-state index contributed by atoms with van der Waals surface area (Å²) < 4.78 is 5.37. The Bertz CT molecular complexity index is 842. The minimum atomic E-state index is -0.332. The Morgan fingerprint density at radius 3 is 2.31 bits per heavy atom. The van der Waals surface area contributed by atoms with Gasteiger partial charge in [0.1, 0.15) is 0 Å². The van der Waals surface area contributed by atoms with Crippen molar-refractivity contribution in [3.05, 3.63) is 65.2 Å². The summed E-state index contributed by atoms with van der Waals surface area (Å²) in [5, 5.41) is 0. The average Bonchev–Trinajstić information content (AvgIpc) is 2.75. The Kier molecular flexibility index (Phi) is 6.91. The van der Waals surface area contributed by atoms with E-state index in [9.17, 15) is 9.59 Å². The first-order valence-electron chi connectivity index (χ1n) is 10.3. The van der Waals surface area contributed by atoms with Crippen LogP contribution in [0, 0.1) is 13.8 Å². The highest BCUT2D eigenvalue weighted by molar-refractivity contribution is 5.83. The van der Waals surface area contributed by atoms with E-state index < -0.39 is 0 Å². The molecular weight excluding hydrogens is 364 g/mol. The standard InChI is InChI=1S/C24H30N2O3/c1-4-21(20-10-6-5-7-11-20)24(28)29-17-23(27)26-15-13-25(14-16-26)22-12-8-9-18(2)19(22)3/h5-12,21H,4,13-17H2,1-3H3/t21-/m1/s1. The van der Waals surface area contributed by atoms with Gasteiger partial charge in [-0.15, -0.1) is 0 Å². The second-order valence-corrected chi connectivity index (χ2v) is 7.57. The monoisotopic (exact) mass is 394 g/mol. The van der Waals surface area contributed by atoms with Crippen molar-refractivity contribution in [3.8, 4) is 0 Å². The zero-order valence-corrected chi connectivity index (χ0v) is 17.6. The Morgan fingerprint density at radius 2 is 1.66 bits per heavy atom. The van der Waals surface area contributed by atoms with E-state index in [-0.39, 0.29) is 24.4 Å². The van der Waals surface area contributed by atoms with Crippen LogP contribution >= 0.6 is 0 Å². The number of aryl methyl sites for hydroxylation is 1. The molecule has 0 radical (unpaired) electrons. The first kappa shape index (κ1) is 20.9. The third-order valence-corrected chi connectivity index (χ3v) is 5.78. The van der Waals surface area contributed by atoms with Crippen LogP contribution in [0.15, 0.2) is 48.5 Å². The predicted molar refractivity (Wildman–Crippen MR) is 115 cm³/mol. The molecule has 29 heavy (non-hydrogen) atoms. The second-order valence-electron chi connectivity index (χ2n) is 7.57. The van der Waals surface area contributed by atoms with E-state index in [1.54, 1.807) is 4.90 Å². The minimum Gasteiger partial charge on any atom is -0.455 e. The van der Waals surface area contributed by atoms with Gasteiger partial charge in [0.05, 0.1) is 5.92 Å². The summed E-state index contributed by atoms with van der Waals surface area (Å²) in [6.45, 7) is 8.86. The lowest BCUT2D eigenvalue weighted by Gasteiger charge is -2.37. The van der Waals surface area contributed by atoms with Gasteiger partial charge in [0.2, 0.25) is 0 Å². The normalized spacial score (nSPS) is 15.1. The third kappa shape index (κ3) is 4.97. The van der Waals surface area contributed by atoms with E-state index in [0.717, 1.165) is 18.7 Å². The number of carbonyl (C=O) groups excluding carboxylic acids is 2. The van der Waals surface area contributed by atoms with Crippen LogP contribution < -0.4 is 4.90 Å². The average molecular weight is 395 g/mol. The molecule has 1 fully saturated rings. The molecule has 1 amide bonds. The first-order chi connectivity index (χ1) is 14.0. The fourth-order valence-corrected chi connectivity index (χ4v) is 3.82. The number of anilines is 1. The molecule has 1 saturated heterocycles. The van der Waals surface area contributed by atoms with Crippen LogP contribution in [0.2, 0.25) is 0 Å². The molecule has 0 saturated carbocycles. The Labute approximate surface area is 173 Å². The molecule has 1 aliphatic rings. The SMILES string of the molecule is CC[C@@H](C(=O)OCC(=O)N1CCN(c2cccc(C)c2C)CC1)c1ccccc1. The number of carbonyl (C=O) groups is 2. The van der Waals surface area contributed by atoms with Crippen molar-refractivity contribution >= 4 is 17.6 Å². The molecule has 3 rings (SSSR count). The lowest BCUT2D eigenvalue weighted by Crippen LogP contribution is -2.50. The number of esters is 1. The van der Waals surface area contributed by atoms with Crippen LogP contribution in [0.3, 0.4) is 0 Å². The molecule has 0 aromatic heterocycles. The maximum Gasteiger partial charge on any atom is 0.313 e. The molecular formula is C24H30N2O3. The van der Waals surface area contributed by atoms with Gasteiger partial charge in [0.15, 0.2) is 6.61 Å². The lowest BCUT2D eigenvalue weighted by atomic mass is 9.97. The maximum absolute atomic E-state index is 12.5. The largest absolute Gasteiger partial charge is 0.455 e. The van der Waals surface area contributed by atoms with Crippen molar-refractivity contribution in [1.29, 1.82) is 0 Å². The molecule has 1 aliphatic heterocycles. The van der Waals surface area contributed by atoms with Crippen molar-refractivity contribution in [3.63, 3.8) is 0 Å². The van der Waals surface area contributed by atoms with E-state index in [0.29, 0.717) is 19.5 Å². The van der Waals surface area contributed by atoms with Crippen molar-refractivity contribution < 1.29 is 14.3 Å². The van der Waals surface area contributed by atoms with E-state index in [1.165, 1.54) is 16.8 Å². The van der Waals surface area contributed by atoms with E-state index >= 15 is 0 Å². The molecule has 2 aromatic rings. The van der Waals surface area contributed by atoms with Gasteiger partial charge in [0, 0.05) is 31.9 Å². The van der Waals surface area contributed by atoms with Crippen LogP contribution in [0.1, 0.15) is 36.0 Å². The van der Waals surface area contributed by atoms with Gasteiger partial charge in [-0.1, -0.05) is 49.4 Å². The van der Waals surface area contributed by atoms with Crippen molar-refractivity contribution in [1.82, 2.24) is 4.90 Å². The van der Waals surface area contributed by atoms with Gasteiger partial charge in [0.25, 0.3) is 5.91 Å². The van der Waals surface area contributed by atoms with Gasteiger partial charge < -0.3 is 14.5 Å². The first-order valence-corrected chi connectivity index (χ1v) is 10.3. The maximum atomic E-state index is 12.5. The molecule has 0 unspecified atom stereocenters. The molecule has 1 atom stereocenters. The minimum absolute atomic E-state index is 0.123. The fourth-order valence-electron chi connectivity index (χ4n) is 3.82. The van der Waals surface area contributed by atoms with Gasteiger partial charge in [-0.2, -0.15) is 0 Å². The lowest BCUT2D eigenvalue weighted by molar-refractivity contribution is -0.153. The molecule has 0 bridgehead atoms. The van der Waals surface area contributed by atoms with Gasteiger partial charge in [-0.25, -0.2) is 0 Å². The molecule has 154 valence electrons. The third-order valence-electron chi connectivity index (χ3n) is 5.78. The summed E-state index contributed by atoms with van der Waals surface area (Å²) in [4.78, 5) is 29.1. The number of amides is 1. The number of nitrogens with zero attached hydrogens (tertiary/aromatic N) is 2. The topological polar surface area (TPSA) is 49.9 Å². The predicted octanol–water partition coefficient (Wildman–Crippen LogP) is 3.69. The summed E-state index contributed by atoms with van der Waals surface area (Å²) >= 11 is 0. The van der Waals surface area contributed by atoms with Crippen LogP contribution in [0.25, 0.3) is 0 Å². The van der Waals surface area contributed by atoms with Crippen LogP contribution in [-0.4, -0.2) is 49.6 Å². The van der Waals surface area contributed by atoms with Gasteiger partial charge >= 0.3 is 5.97 Å².